The second-order valence-electron chi connectivity index (χ2n) is 4.73. The molecule has 4 N–H and O–H groups in total. The zero-order valence-corrected chi connectivity index (χ0v) is 11.5. The number of H-pyrrole nitrogens is 1. The van der Waals surface area contributed by atoms with Crippen molar-refractivity contribution < 1.29 is 14.2 Å². The highest BCUT2D eigenvalue weighted by Crippen LogP contribution is 2.33. The van der Waals surface area contributed by atoms with Gasteiger partial charge in [0.25, 0.3) is 0 Å². The number of anilines is 1. The van der Waals surface area contributed by atoms with Gasteiger partial charge in [0.2, 0.25) is 5.95 Å². The van der Waals surface area contributed by atoms with Crippen molar-refractivity contribution in [3.8, 4) is 0 Å². The number of nitrogens with one attached hydrogen (secondary N) is 1. The highest BCUT2D eigenvalue weighted by atomic mass is 32.1. The first-order valence-corrected chi connectivity index (χ1v) is 6.56. The normalized spacial score (nSPS) is 26.4. The largest absolute Gasteiger partial charge is 0.394 e. The number of nitrogens with two attached hydrogens (primary N) is 1. The van der Waals surface area contributed by atoms with E-state index >= 15 is 0 Å². The molecule has 0 radical (unpaired) electrons. The van der Waals surface area contributed by atoms with Crippen LogP contribution in [0.15, 0.2) is 0 Å². The second-order valence-corrected chi connectivity index (χ2v) is 5.12. The molecule has 3 rings (SSSR count). The molecular formula is C11H14FN5O2S. The Labute approximate surface area is 118 Å². The van der Waals surface area contributed by atoms with Crippen LogP contribution in [0.3, 0.4) is 0 Å². The van der Waals surface area contributed by atoms with Gasteiger partial charge in [0.1, 0.15) is 24.0 Å². The first-order valence-electron chi connectivity index (χ1n) is 6.16. The van der Waals surface area contributed by atoms with E-state index in [0.717, 1.165) is 0 Å². The molecule has 0 aliphatic carbocycles. The summed E-state index contributed by atoms with van der Waals surface area (Å²) < 4.78 is 21.1. The highest BCUT2D eigenvalue weighted by molar-refractivity contribution is 7.71. The zero-order valence-electron chi connectivity index (χ0n) is 10.7. The second kappa shape index (κ2) is 4.76. The number of aryl methyl sites for hydroxylation is 1. The quantitative estimate of drug-likeness (QED) is 0.715. The summed E-state index contributed by atoms with van der Waals surface area (Å²) in [6.45, 7) is 1.41. The van der Waals surface area contributed by atoms with Crippen LogP contribution in [0.2, 0.25) is 0 Å². The predicted octanol–water partition coefficient (Wildman–Crippen LogP) is 0.997. The van der Waals surface area contributed by atoms with Gasteiger partial charge in [-0.05, 0) is 19.1 Å². The summed E-state index contributed by atoms with van der Waals surface area (Å²) >= 11 is 5.24. The summed E-state index contributed by atoms with van der Waals surface area (Å²) in [5.41, 5.74) is 7.43. The van der Waals surface area contributed by atoms with E-state index in [1.54, 1.807) is 11.5 Å². The molecule has 1 unspecified atom stereocenters. The number of ether oxygens (including phenoxy) is 1. The number of aromatic amines is 1. The minimum Gasteiger partial charge on any atom is -0.394 e. The van der Waals surface area contributed by atoms with Crippen molar-refractivity contribution in [1.29, 1.82) is 0 Å². The molecule has 2 aromatic rings. The molecular weight excluding hydrogens is 285 g/mol. The van der Waals surface area contributed by atoms with Crippen molar-refractivity contribution >= 4 is 29.3 Å². The van der Waals surface area contributed by atoms with Crippen LogP contribution in [0.25, 0.3) is 11.2 Å². The Kier molecular flexibility index (Phi) is 3.19. The summed E-state index contributed by atoms with van der Waals surface area (Å²) in [5, 5.41) is 9.07. The van der Waals surface area contributed by atoms with E-state index in [-0.39, 0.29) is 19.0 Å². The summed E-state index contributed by atoms with van der Waals surface area (Å²) in [4.78, 5) is 11.2. The van der Waals surface area contributed by atoms with Gasteiger partial charge >= 0.3 is 0 Å². The van der Waals surface area contributed by atoms with Gasteiger partial charge in [0, 0.05) is 6.42 Å². The molecule has 0 bridgehead atoms. The summed E-state index contributed by atoms with van der Waals surface area (Å²) in [6, 6.07) is 0. The van der Waals surface area contributed by atoms with Crippen molar-refractivity contribution in [3.05, 3.63) is 10.5 Å². The van der Waals surface area contributed by atoms with E-state index < -0.39 is 18.5 Å². The van der Waals surface area contributed by atoms with Crippen molar-refractivity contribution in [1.82, 2.24) is 19.5 Å². The Morgan fingerprint density at radius 1 is 1.60 bits per heavy atom. The monoisotopic (exact) mass is 299 g/mol. The number of rotatable bonds is 2. The lowest BCUT2D eigenvalue weighted by molar-refractivity contribution is -0.0328. The molecule has 0 aromatic carbocycles. The number of aliphatic hydroxyl groups is 1. The molecule has 9 heteroatoms. The van der Waals surface area contributed by atoms with E-state index in [4.69, 9.17) is 27.8 Å². The van der Waals surface area contributed by atoms with E-state index in [9.17, 15) is 4.39 Å². The fourth-order valence-electron chi connectivity index (χ4n) is 2.44. The maximum Gasteiger partial charge on any atom is 0.222 e. The number of aliphatic hydroxyl groups excluding tert-OH is 1. The van der Waals surface area contributed by atoms with E-state index in [0.29, 0.717) is 21.6 Å². The number of halogens is 1. The minimum atomic E-state index is -1.24. The average Bonchev–Trinajstić information content (AvgIpc) is 2.89. The molecule has 1 saturated heterocycles. The molecule has 108 valence electrons. The molecule has 3 heterocycles. The molecule has 0 spiro atoms. The van der Waals surface area contributed by atoms with E-state index in [1.165, 1.54) is 0 Å². The summed E-state index contributed by atoms with van der Waals surface area (Å²) in [6.07, 6.45) is -2.59. The third-order valence-electron chi connectivity index (χ3n) is 3.40. The Bertz CT molecular complexity index is 715. The van der Waals surface area contributed by atoms with Gasteiger partial charge in [-0.2, -0.15) is 4.98 Å². The maximum atomic E-state index is 13.7. The number of nitrogens with zero attached hydrogens (tertiary/aromatic N) is 3. The van der Waals surface area contributed by atoms with Gasteiger partial charge in [0.15, 0.2) is 10.4 Å². The van der Waals surface area contributed by atoms with Gasteiger partial charge in [-0.1, -0.05) is 0 Å². The fourth-order valence-corrected chi connectivity index (χ4v) is 2.75. The predicted molar refractivity (Wildman–Crippen MR) is 72.4 cm³/mol. The molecule has 2 aromatic heterocycles. The minimum absolute atomic E-state index is 0.107. The fraction of sp³-hybridized carbons (Fsp3) is 0.545. The Morgan fingerprint density at radius 2 is 2.35 bits per heavy atom. The van der Waals surface area contributed by atoms with Crippen LogP contribution >= 0.6 is 12.2 Å². The molecule has 20 heavy (non-hydrogen) atoms. The molecule has 7 nitrogen and oxygen atoms in total. The van der Waals surface area contributed by atoms with Crippen LogP contribution in [-0.4, -0.2) is 43.5 Å². The van der Waals surface area contributed by atoms with Crippen LogP contribution in [0, 0.1) is 11.7 Å². The number of hydrogen-bond donors (Lipinski definition) is 3. The summed E-state index contributed by atoms with van der Waals surface area (Å²) in [7, 11) is 0. The van der Waals surface area contributed by atoms with Gasteiger partial charge in [-0.3, -0.25) is 4.57 Å². The Morgan fingerprint density at radius 3 is 3.00 bits per heavy atom. The Balaban J connectivity index is 2.13. The topological polar surface area (TPSA) is 102 Å². The van der Waals surface area contributed by atoms with Crippen LogP contribution in [0.5, 0.6) is 0 Å². The van der Waals surface area contributed by atoms with Gasteiger partial charge in [0.05, 0.1) is 12.3 Å². The number of imidazole rings is 1. The third kappa shape index (κ3) is 1.98. The van der Waals surface area contributed by atoms with Gasteiger partial charge in [-0.25, -0.2) is 9.37 Å². The number of fused-ring (bicyclic) bond motifs is 1. The lowest BCUT2D eigenvalue weighted by Gasteiger charge is -2.13. The average molecular weight is 299 g/mol. The Hall–Kier alpha value is -1.58. The lowest BCUT2D eigenvalue weighted by Crippen LogP contribution is -2.21. The molecule has 1 aliphatic heterocycles. The number of alkyl halides is 1. The molecule has 0 saturated carbocycles. The van der Waals surface area contributed by atoms with E-state index in [2.05, 4.69) is 15.0 Å². The van der Waals surface area contributed by atoms with Crippen molar-refractivity contribution in [2.75, 3.05) is 12.3 Å². The SMILES string of the molecule is Cc1nc(N)nc2c1[nH]c(=S)n2C1C[C@H](F)[C@@H](CO)O1. The van der Waals surface area contributed by atoms with Crippen LogP contribution < -0.4 is 5.73 Å². The molecule has 3 atom stereocenters. The number of hydrogen-bond acceptors (Lipinski definition) is 6. The molecule has 1 fully saturated rings. The summed E-state index contributed by atoms with van der Waals surface area (Å²) in [5.74, 6) is 0.117. The number of nitrogen functional groups attached to an aromatic ring is 1. The van der Waals surface area contributed by atoms with E-state index in [1.807, 2.05) is 0 Å². The van der Waals surface area contributed by atoms with Crippen LogP contribution in [-0.2, 0) is 4.74 Å². The van der Waals surface area contributed by atoms with Crippen molar-refractivity contribution in [3.63, 3.8) is 0 Å². The first-order chi connectivity index (χ1) is 9.51. The molecule has 1 aliphatic rings. The first kappa shape index (κ1) is 13.4. The maximum absolute atomic E-state index is 13.7. The van der Waals surface area contributed by atoms with Gasteiger partial charge < -0.3 is 20.6 Å². The van der Waals surface area contributed by atoms with Crippen LogP contribution in [0.4, 0.5) is 10.3 Å². The number of aromatic nitrogens is 4. The zero-order chi connectivity index (χ0) is 14.4. The molecule has 0 amide bonds. The third-order valence-corrected chi connectivity index (χ3v) is 3.70. The van der Waals surface area contributed by atoms with Crippen LogP contribution in [0.1, 0.15) is 18.3 Å². The van der Waals surface area contributed by atoms with Crippen molar-refractivity contribution in [2.45, 2.75) is 31.8 Å². The highest BCUT2D eigenvalue weighted by Gasteiger charge is 2.37. The standard InChI is InChI=1S/C11H14FN5O2S/c1-4-8-9(16-10(13)14-4)17(11(20)15-8)7-2-5(12)6(3-18)19-7/h5-7,18H,2-3H2,1H3,(H,15,20)(H2,13,14,16)/t5-,6+,7?/m0/s1. The lowest BCUT2D eigenvalue weighted by atomic mass is 10.2. The smallest absolute Gasteiger partial charge is 0.222 e. The van der Waals surface area contributed by atoms with Crippen molar-refractivity contribution in [2.24, 2.45) is 0 Å². The van der Waals surface area contributed by atoms with Gasteiger partial charge in [-0.15, -0.1) is 0 Å².